The minimum Gasteiger partial charge on any atom is -0.123 e. The Labute approximate surface area is 119 Å². The molecule has 0 radical (unpaired) electrons. The number of benzene rings is 1. The highest BCUT2D eigenvalue weighted by Gasteiger charge is 2.06. The lowest BCUT2D eigenvalue weighted by molar-refractivity contribution is 0.593. The zero-order chi connectivity index (χ0) is 12.5. The van der Waals surface area contributed by atoms with Crippen LogP contribution in [0, 0.1) is 0 Å². The first-order valence-corrected chi connectivity index (χ1v) is 7.84. The van der Waals surface area contributed by atoms with E-state index in [1.165, 1.54) is 37.7 Å². The Balaban J connectivity index is 2.18. The second-order valence-corrected chi connectivity index (χ2v) is 6.17. The van der Waals surface area contributed by atoms with Crippen molar-refractivity contribution >= 4 is 27.5 Å². The molecule has 0 heterocycles. The van der Waals surface area contributed by atoms with Crippen molar-refractivity contribution in [2.75, 3.05) is 0 Å². The molecule has 1 unspecified atom stereocenters. The Morgan fingerprint density at radius 1 is 1.18 bits per heavy atom. The molecule has 0 aliphatic carbocycles. The van der Waals surface area contributed by atoms with Gasteiger partial charge < -0.3 is 0 Å². The van der Waals surface area contributed by atoms with Crippen molar-refractivity contribution in [3.63, 3.8) is 0 Å². The number of hydrogen-bond donors (Lipinski definition) is 0. The molecule has 0 fully saturated rings. The number of halogens is 2. The standard InChI is InChI=1S/C15H22BrCl/c1-2-3-4-5-6-10-15(17)12-13-8-7-9-14(16)11-13/h7-9,11,15H,2-6,10,12H2,1H3. The van der Waals surface area contributed by atoms with Crippen molar-refractivity contribution in [2.24, 2.45) is 0 Å². The Morgan fingerprint density at radius 2 is 1.94 bits per heavy atom. The molecule has 0 N–H and O–H groups in total. The van der Waals surface area contributed by atoms with Gasteiger partial charge in [-0.15, -0.1) is 11.6 Å². The van der Waals surface area contributed by atoms with E-state index in [1.807, 2.05) is 0 Å². The maximum atomic E-state index is 6.37. The predicted octanol–water partition coefficient (Wildman–Crippen LogP) is 5.96. The number of rotatable bonds is 8. The van der Waals surface area contributed by atoms with Gasteiger partial charge in [-0.1, -0.05) is 67.1 Å². The van der Waals surface area contributed by atoms with E-state index in [4.69, 9.17) is 11.6 Å². The molecule has 0 spiro atoms. The molecule has 0 bridgehead atoms. The molecule has 2 heteroatoms. The molecule has 0 saturated carbocycles. The lowest BCUT2D eigenvalue weighted by atomic mass is 10.0. The number of hydrogen-bond acceptors (Lipinski definition) is 0. The maximum absolute atomic E-state index is 6.37. The van der Waals surface area contributed by atoms with Crippen LogP contribution in [0.5, 0.6) is 0 Å². The van der Waals surface area contributed by atoms with Crippen molar-refractivity contribution in [3.05, 3.63) is 34.3 Å². The predicted molar refractivity (Wildman–Crippen MR) is 80.9 cm³/mol. The minimum absolute atomic E-state index is 0.283. The van der Waals surface area contributed by atoms with Crippen LogP contribution in [-0.4, -0.2) is 5.38 Å². The second-order valence-electron chi connectivity index (χ2n) is 4.63. The summed E-state index contributed by atoms with van der Waals surface area (Å²) in [4.78, 5) is 0. The largest absolute Gasteiger partial charge is 0.123 e. The smallest absolute Gasteiger partial charge is 0.0376 e. The van der Waals surface area contributed by atoms with Gasteiger partial charge in [0.25, 0.3) is 0 Å². The van der Waals surface area contributed by atoms with E-state index in [-0.39, 0.29) is 5.38 Å². The molecule has 1 aromatic rings. The van der Waals surface area contributed by atoms with E-state index >= 15 is 0 Å². The molecule has 0 aliphatic heterocycles. The fraction of sp³-hybridized carbons (Fsp3) is 0.600. The average molecular weight is 318 g/mol. The van der Waals surface area contributed by atoms with Gasteiger partial charge in [-0.25, -0.2) is 0 Å². The quantitative estimate of drug-likeness (QED) is 0.410. The van der Waals surface area contributed by atoms with Crippen LogP contribution in [0.25, 0.3) is 0 Å². The highest BCUT2D eigenvalue weighted by Crippen LogP contribution is 2.18. The molecule has 0 aromatic heterocycles. The first kappa shape index (κ1) is 15.0. The monoisotopic (exact) mass is 316 g/mol. The van der Waals surface area contributed by atoms with Gasteiger partial charge in [0.15, 0.2) is 0 Å². The molecule has 1 aromatic carbocycles. The van der Waals surface area contributed by atoms with Crippen LogP contribution in [0.15, 0.2) is 28.7 Å². The third kappa shape index (κ3) is 7.10. The normalized spacial score (nSPS) is 12.6. The fourth-order valence-corrected chi connectivity index (χ4v) is 2.77. The molecule has 17 heavy (non-hydrogen) atoms. The highest BCUT2D eigenvalue weighted by molar-refractivity contribution is 9.10. The van der Waals surface area contributed by atoms with Crippen LogP contribution >= 0.6 is 27.5 Å². The van der Waals surface area contributed by atoms with Gasteiger partial charge in [0.05, 0.1) is 0 Å². The first-order chi connectivity index (χ1) is 8.22. The zero-order valence-electron chi connectivity index (χ0n) is 10.6. The summed E-state index contributed by atoms with van der Waals surface area (Å²) < 4.78 is 1.14. The SMILES string of the molecule is CCCCCCCC(Cl)Cc1cccc(Br)c1. The van der Waals surface area contributed by atoms with E-state index in [0.29, 0.717) is 0 Å². The molecule has 96 valence electrons. The number of alkyl halides is 1. The Morgan fingerprint density at radius 3 is 2.65 bits per heavy atom. The van der Waals surface area contributed by atoms with Gasteiger partial charge in [-0.3, -0.25) is 0 Å². The van der Waals surface area contributed by atoms with E-state index in [0.717, 1.165) is 17.3 Å². The Hall–Kier alpha value is -0.0100. The summed E-state index contributed by atoms with van der Waals surface area (Å²) in [5.41, 5.74) is 1.33. The van der Waals surface area contributed by atoms with Crippen LogP contribution < -0.4 is 0 Å². The van der Waals surface area contributed by atoms with Crippen molar-refractivity contribution in [2.45, 2.75) is 57.2 Å². The molecule has 0 aliphatic rings. The molecule has 0 nitrogen and oxygen atoms in total. The van der Waals surface area contributed by atoms with Crippen molar-refractivity contribution in [1.29, 1.82) is 0 Å². The summed E-state index contributed by atoms with van der Waals surface area (Å²) in [6.45, 7) is 2.25. The Bertz CT molecular complexity index is 312. The summed E-state index contributed by atoms with van der Waals surface area (Å²) in [6.07, 6.45) is 8.74. The third-order valence-corrected chi connectivity index (χ3v) is 3.83. The van der Waals surface area contributed by atoms with Crippen LogP contribution in [0.1, 0.15) is 51.0 Å². The van der Waals surface area contributed by atoms with Gasteiger partial charge in [0.1, 0.15) is 0 Å². The summed E-state index contributed by atoms with van der Waals surface area (Å²) in [5, 5.41) is 0.283. The highest BCUT2D eigenvalue weighted by atomic mass is 79.9. The van der Waals surface area contributed by atoms with E-state index in [9.17, 15) is 0 Å². The molecule has 0 saturated heterocycles. The average Bonchev–Trinajstić information content (AvgIpc) is 2.29. The molecule has 1 rings (SSSR count). The minimum atomic E-state index is 0.283. The lowest BCUT2D eigenvalue weighted by Gasteiger charge is -2.09. The zero-order valence-corrected chi connectivity index (χ0v) is 12.9. The number of unbranched alkanes of at least 4 members (excludes halogenated alkanes) is 4. The Kier molecular flexibility index (Phi) is 7.96. The van der Waals surface area contributed by atoms with Crippen LogP contribution in [-0.2, 0) is 6.42 Å². The van der Waals surface area contributed by atoms with Crippen LogP contribution in [0.3, 0.4) is 0 Å². The van der Waals surface area contributed by atoms with Gasteiger partial charge in [-0.05, 0) is 30.5 Å². The van der Waals surface area contributed by atoms with Gasteiger partial charge in [0, 0.05) is 9.85 Å². The van der Waals surface area contributed by atoms with Gasteiger partial charge in [0.2, 0.25) is 0 Å². The van der Waals surface area contributed by atoms with Gasteiger partial charge >= 0.3 is 0 Å². The lowest BCUT2D eigenvalue weighted by Crippen LogP contribution is -2.03. The van der Waals surface area contributed by atoms with Crippen molar-refractivity contribution in [1.82, 2.24) is 0 Å². The van der Waals surface area contributed by atoms with E-state index in [2.05, 4.69) is 47.1 Å². The molecule has 1 atom stereocenters. The van der Waals surface area contributed by atoms with Crippen molar-refractivity contribution < 1.29 is 0 Å². The fourth-order valence-electron chi connectivity index (χ4n) is 1.99. The summed E-state index contributed by atoms with van der Waals surface area (Å²) >= 11 is 9.86. The van der Waals surface area contributed by atoms with E-state index < -0.39 is 0 Å². The molecular weight excluding hydrogens is 296 g/mol. The maximum Gasteiger partial charge on any atom is 0.0376 e. The van der Waals surface area contributed by atoms with E-state index in [1.54, 1.807) is 0 Å². The topological polar surface area (TPSA) is 0 Å². The third-order valence-electron chi connectivity index (χ3n) is 2.97. The molecular formula is C15H22BrCl. The summed E-state index contributed by atoms with van der Waals surface area (Å²) in [6, 6.07) is 8.44. The van der Waals surface area contributed by atoms with Crippen LogP contribution in [0.2, 0.25) is 0 Å². The molecule has 0 amide bonds. The first-order valence-electron chi connectivity index (χ1n) is 6.61. The summed E-state index contributed by atoms with van der Waals surface area (Å²) in [5.74, 6) is 0. The van der Waals surface area contributed by atoms with Crippen molar-refractivity contribution in [3.8, 4) is 0 Å². The summed E-state index contributed by atoms with van der Waals surface area (Å²) in [7, 11) is 0. The van der Waals surface area contributed by atoms with Gasteiger partial charge in [-0.2, -0.15) is 0 Å². The second kappa shape index (κ2) is 8.99. The van der Waals surface area contributed by atoms with Crippen LogP contribution in [0.4, 0.5) is 0 Å².